The number of carbonyl (C=O) groups excluding carboxylic acids is 1. The second kappa shape index (κ2) is 4.78. The molecule has 0 aromatic heterocycles. The Kier molecular flexibility index (Phi) is 3.92. The second-order valence-corrected chi connectivity index (χ2v) is 6.81. The van der Waals surface area contributed by atoms with Gasteiger partial charge in [0.15, 0.2) is 5.78 Å². The quantitative estimate of drug-likeness (QED) is 0.856. The predicted molar refractivity (Wildman–Crippen MR) is 66.4 cm³/mol. The van der Waals surface area contributed by atoms with Gasteiger partial charge < -0.3 is 0 Å². The number of hydrogen-bond donors (Lipinski definition) is 1. The Hall–Kier alpha value is -1.27. The molecule has 100 valence electrons. The van der Waals surface area contributed by atoms with Crippen LogP contribution < -0.4 is 4.72 Å². The number of benzene rings is 1. The first kappa shape index (κ1) is 14.8. The molecule has 0 saturated carbocycles. The molecule has 0 spiro atoms. The van der Waals surface area contributed by atoms with Crippen LogP contribution >= 0.6 is 0 Å². The van der Waals surface area contributed by atoms with Crippen molar-refractivity contribution in [1.29, 1.82) is 0 Å². The third-order valence-electron chi connectivity index (χ3n) is 2.44. The van der Waals surface area contributed by atoms with Gasteiger partial charge in [-0.3, -0.25) is 4.79 Å². The van der Waals surface area contributed by atoms with Gasteiger partial charge in [-0.1, -0.05) is 20.8 Å². The van der Waals surface area contributed by atoms with E-state index in [-0.39, 0.29) is 10.5 Å². The number of rotatable bonds is 3. The Balaban J connectivity index is 3.40. The Bertz CT molecular complexity index is 573. The highest BCUT2D eigenvalue weighted by atomic mass is 32.2. The second-order valence-electron chi connectivity index (χ2n) is 4.93. The third kappa shape index (κ3) is 2.94. The van der Waals surface area contributed by atoms with Gasteiger partial charge in [-0.15, -0.1) is 0 Å². The zero-order valence-corrected chi connectivity index (χ0v) is 11.6. The Morgan fingerprint density at radius 1 is 1.28 bits per heavy atom. The molecule has 1 aromatic carbocycles. The van der Waals surface area contributed by atoms with E-state index in [2.05, 4.69) is 4.72 Å². The summed E-state index contributed by atoms with van der Waals surface area (Å²) in [4.78, 5) is 11.9. The van der Waals surface area contributed by atoms with Gasteiger partial charge in [0.1, 0.15) is 5.82 Å². The van der Waals surface area contributed by atoms with Crippen LogP contribution in [0.5, 0.6) is 0 Å². The standard InChI is InChI=1S/C12H16FNO3S/c1-12(2,3)11(15)9-7-8(5-6-10(9)13)18(16,17)14-4/h5-7,14H,1-4H3. The molecule has 0 fully saturated rings. The van der Waals surface area contributed by atoms with E-state index in [1.807, 2.05) is 0 Å². The molecule has 0 radical (unpaired) electrons. The summed E-state index contributed by atoms with van der Waals surface area (Å²) in [6.07, 6.45) is 0. The van der Waals surface area contributed by atoms with Gasteiger partial charge in [-0.2, -0.15) is 0 Å². The van der Waals surface area contributed by atoms with Crippen LogP contribution in [0.2, 0.25) is 0 Å². The maximum Gasteiger partial charge on any atom is 0.240 e. The van der Waals surface area contributed by atoms with E-state index in [9.17, 15) is 17.6 Å². The van der Waals surface area contributed by atoms with Crippen molar-refractivity contribution in [3.63, 3.8) is 0 Å². The van der Waals surface area contributed by atoms with Crippen LogP contribution in [0.1, 0.15) is 31.1 Å². The first-order chi connectivity index (χ1) is 8.09. The minimum atomic E-state index is -3.69. The van der Waals surface area contributed by atoms with E-state index >= 15 is 0 Å². The largest absolute Gasteiger partial charge is 0.293 e. The molecule has 0 aliphatic rings. The van der Waals surface area contributed by atoms with Gasteiger partial charge >= 0.3 is 0 Å². The first-order valence-corrected chi connectivity index (χ1v) is 6.86. The third-order valence-corrected chi connectivity index (χ3v) is 3.85. The molecule has 0 unspecified atom stereocenters. The zero-order chi connectivity index (χ0) is 14.1. The Labute approximate surface area is 106 Å². The van der Waals surface area contributed by atoms with E-state index in [0.29, 0.717) is 0 Å². The lowest BCUT2D eigenvalue weighted by atomic mass is 9.86. The zero-order valence-electron chi connectivity index (χ0n) is 10.7. The summed E-state index contributed by atoms with van der Waals surface area (Å²) in [5, 5.41) is 0. The summed E-state index contributed by atoms with van der Waals surface area (Å²) in [5.41, 5.74) is -0.984. The van der Waals surface area contributed by atoms with Gasteiger partial charge in [0.05, 0.1) is 10.5 Å². The number of hydrogen-bond acceptors (Lipinski definition) is 3. The van der Waals surface area contributed by atoms with E-state index in [4.69, 9.17) is 0 Å². The van der Waals surface area contributed by atoms with Crippen LogP contribution in [0.4, 0.5) is 4.39 Å². The molecule has 0 heterocycles. The normalized spacial score (nSPS) is 12.5. The molecule has 0 aliphatic heterocycles. The van der Waals surface area contributed by atoms with Crippen LogP contribution in [-0.2, 0) is 10.0 Å². The van der Waals surface area contributed by atoms with E-state index in [1.54, 1.807) is 20.8 Å². The van der Waals surface area contributed by atoms with Crippen LogP contribution in [0, 0.1) is 11.2 Å². The molecule has 1 N–H and O–H groups in total. The van der Waals surface area contributed by atoms with Crippen LogP contribution in [0.3, 0.4) is 0 Å². The lowest BCUT2D eigenvalue weighted by Gasteiger charge is -2.17. The van der Waals surface area contributed by atoms with Crippen molar-refractivity contribution in [2.24, 2.45) is 5.41 Å². The summed E-state index contributed by atoms with van der Waals surface area (Å²) in [5.74, 6) is -1.15. The summed E-state index contributed by atoms with van der Waals surface area (Å²) in [6.45, 7) is 4.94. The van der Waals surface area contributed by atoms with Gasteiger partial charge in [0.25, 0.3) is 0 Å². The summed E-state index contributed by atoms with van der Waals surface area (Å²) in [6, 6.07) is 3.18. The molecule has 1 aromatic rings. The van der Waals surface area contributed by atoms with Crippen LogP contribution in [0.15, 0.2) is 23.1 Å². The lowest BCUT2D eigenvalue weighted by molar-refractivity contribution is 0.0853. The first-order valence-electron chi connectivity index (χ1n) is 5.37. The van der Waals surface area contributed by atoms with Crippen LogP contribution in [0.25, 0.3) is 0 Å². The van der Waals surface area contributed by atoms with Gasteiger partial charge in [-0.25, -0.2) is 17.5 Å². The van der Waals surface area contributed by atoms with Crippen molar-refractivity contribution in [2.45, 2.75) is 25.7 Å². The van der Waals surface area contributed by atoms with Gasteiger partial charge in [-0.05, 0) is 25.2 Å². The van der Waals surface area contributed by atoms with Gasteiger partial charge in [0, 0.05) is 5.41 Å². The highest BCUT2D eigenvalue weighted by Gasteiger charge is 2.27. The molecule has 0 atom stereocenters. The molecule has 0 saturated heterocycles. The van der Waals surface area contributed by atoms with Crippen molar-refractivity contribution < 1.29 is 17.6 Å². The molecule has 4 nitrogen and oxygen atoms in total. The smallest absolute Gasteiger partial charge is 0.240 e. The molecule has 0 amide bonds. The van der Waals surface area contributed by atoms with Crippen LogP contribution in [-0.4, -0.2) is 21.2 Å². The Morgan fingerprint density at radius 2 is 1.83 bits per heavy atom. The molecule has 6 heteroatoms. The van der Waals surface area contributed by atoms with E-state index < -0.39 is 27.0 Å². The fourth-order valence-corrected chi connectivity index (χ4v) is 2.12. The number of nitrogens with one attached hydrogen (secondary N) is 1. The lowest BCUT2D eigenvalue weighted by Crippen LogP contribution is -2.23. The van der Waals surface area contributed by atoms with Gasteiger partial charge in [0.2, 0.25) is 10.0 Å². The average molecular weight is 273 g/mol. The maximum absolute atomic E-state index is 13.6. The summed E-state index contributed by atoms with van der Waals surface area (Å²) >= 11 is 0. The molecular weight excluding hydrogens is 257 g/mol. The van der Waals surface area contributed by atoms with Crippen molar-refractivity contribution >= 4 is 15.8 Å². The fourth-order valence-electron chi connectivity index (χ4n) is 1.37. The minimum Gasteiger partial charge on any atom is -0.293 e. The van der Waals surface area contributed by atoms with Crippen molar-refractivity contribution in [1.82, 2.24) is 4.72 Å². The summed E-state index contributed by atoms with van der Waals surface area (Å²) in [7, 11) is -2.43. The number of carbonyl (C=O) groups is 1. The SMILES string of the molecule is CNS(=O)(=O)c1ccc(F)c(C(=O)C(C)(C)C)c1. The number of Topliss-reactive ketones (excluding diaryl/α,β-unsaturated/α-hetero) is 1. The van der Waals surface area contributed by atoms with E-state index in [1.165, 1.54) is 7.05 Å². The highest BCUT2D eigenvalue weighted by Crippen LogP contribution is 2.24. The predicted octanol–water partition coefficient (Wildman–Crippen LogP) is 1.96. The van der Waals surface area contributed by atoms with E-state index in [0.717, 1.165) is 18.2 Å². The number of halogens is 1. The molecular formula is C12H16FNO3S. The van der Waals surface area contributed by atoms with Crippen molar-refractivity contribution in [3.05, 3.63) is 29.6 Å². The average Bonchev–Trinajstić information content (AvgIpc) is 2.27. The Morgan fingerprint density at radius 3 is 2.28 bits per heavy atom. The van der Waals surface area contributed by atoms with Crippen molar-refractivity contribution in [3.8, 4) is 0 Å². The van der Waals surface area contributed by atoms with Crippen molar-refractivity contribution in [2.75, 3.05) is 7.05 Å². The molecule has 0 aliphatic carbocycles. The molecule has 1 rings (SSSR count). The topological polar surface area (TPSA) is 63.2 Å². The summed E-state index contributed by atoms with van der Waals surface area (Å²) < 4.78 is 38.9. The molecule has 0 bridgehead atoms. The highest BCUT2D eigenvalue weighted by molar-refractivity contribution is 7.89. The monoisotopic (exact) mass is 273 g/mol. The number of ketones is 1. The minimum absolute atomic E-state index is 0.126. The number of sulfonamides is 1. The molecule has 18 heavy (non-hydrogen) atoms. The maximum atomic E-state index is 13.6. The fraction of sp³-hybridized carbons (Fsp3) is 0.417.